The van der Waals surface area contributed by atoms with Crippen LogP contribution >= 0.6 is 0 Å². The van der Waals surface area contributed by atoms with E-state index in [0.29, 0.717) is 12.0 Å². The lowest BCUT2D eigenvalue weighted by atomic mass is 9.69. The second-order valence-electron chi connectivity index (χ2n) is 5.57. The average Bonchev–Trinajstić information content (AvgIpc) is 2.00. The summed E-state index contributed by atoms with van der Waals surface area (Å²) in [5.74, 6) is 1.13. The first-order valence-electron chi connectivity index (χ1n) is 5.87. The van der Waals surface area contributed by atoms with E-state index in [1.54, 1.807) is 0 Å². The third-order valence-corrected chi connectivity index (χ3v) is 3.96. The van der Waals surface area contributed by atoms with Crippen molar-refractivity contribution in [2.45, 2.75) is 64.3 Å². The van der Waals surface area contributed by atoms with E-state index in [1.165, 1.54) is 6.42 Å². The van der Waals surface area contributed by atoms with E-state index in [2.05, 4.69) is 13.8 Å². The summed E-state index contributed by atoms with van der Waals surface area (Å²) in [7, 11) is 0. The van der Waals surface area contributed by atoms with E-state index >= 15 is 0 Å². The maximum Gasteiger partial charge on any atom is 0.0697 e. The van der Waals surface area contributed by atoms with Gasteiger partial charge >= 0.3 is 0 Å². The number of ether oxygens (including phenoxy) is 1. The SMILES string of the molecule is CC1CCC2C(C1)OC(C)C[C@@]2(C)O. The van der Waals surface area contributed by atoms with Gasteiger partial charge in [0.1, 0.15) is 0 Å². The monoisotopic (exact) mass is 198 g/mol. The lowest BCUT2D eigenvalue weighted by molar-refractivity contribution is -0.190. The fraction of sp³-hybridized carbons (Fsp3) is 1.00. The van der Waals surface area contributed by atoms with Crippen molar-refractivity contribution in [2.75, 3.05) is 0 Å². The lowest BCUT2D eigenvalue weighted by Crippen LogP contribution is -2.53. The molecule has 0 bridgehead atoms. The van der Waals surface area contributed by atoms with Gasteiger partial charge in [-0.1, -0.05) is 13.3 Å². The summed E-state index contributed by atoms with van der Waals surface area (Å²) in [5.41, 5.74) is -0.498. The van der Waals surface area contributed by atoms with Crippen LogP contribution < -0.4 is 0 Å². The average molecular weight is 198 g/mol. The molecule has 0 spiro atoms. The van der Waals surface area contributed by atoms with Gasteiger partial charge in [-0.3, -0.25) is 0 Å². The van der Waals surface area contributed by atoms with Gasteiger partial charge in [-0.05, 0) is 32.6 Å². The molecule has 14 heavy (non-hydrogen) atoms. The first-order chi connectivity index (χ1) is 6.49. The van der Waals surface area contributed by atoms with Crippen molar-refractivity contribution < 1.29 is 9.84 Å². The van der Waals surface area contributed by atoms with Crippen LogP contribution in [0.3, 0.4) is 0 Å². The fourth-order valence-electron chi connectivity index (χ4n) is 3.27. The molecule has 0 radical (unpaired) electrons. The minimum absolute atomic E-state index is 0.219. The summed E-state index contributed by atoms with van der Waals surface area (Å²) in [6.07, 6.45) is 4.82. The van der Waals surface area contributed by atoms with Gasteiger partial charge in [0.2, 0.25) is 0 Å². The molecule has 2 heteroatoms. The summed E-state index contributed by atoms with van der Waals surface area (Å²) in [6.45, 7) is 6.34. The molecule has 0 aromatic carbocycles. The first kappa shape index (κ1) is 10.4. The van der Waals surface area contributed by atoms with Gasteiger partial charge in [-0.25, -0.2) is 0 Å². The van der Waals surface area contributed by atoms with E-state index in [4.69, 9.17) is 4.74 Å². The molecule has 2 fully saturated rings. The molecule has 82 valence electrons. The van der Waals surface area contributed by atoms with Gasteiger partial charge in [0.05, 0.1) is 17.8 Å². The van der Waals surface area contributed by atoms with Gasteiger partial charge in [-0.2, -0.15) is 0 Å². The zero-order valence-corrected chi connectivity index (χ0v) is 9.49. The van der Waals surface area contributed by atoms with Gasteiger partial charge in [-0.15, -0.1) is 0 Å². The van der Waals surface area contributed by atoms with Gasteiger partial charge in [0.25, 0.3) is 0 Å². The number of rotatable bonds is 0. The maximum atomic E-state index is 10.3. The van der Waals surface area contributed by atoms with E-state index in [1.807, 2.05) is 6.92 Å². The van der Waals surface area contributed by atoms with Crippen LogP contribution in [-0.4, -0.2) is 22.9 Å². The van der Waals surface area contributed by atoms with Gasteiger partial charge in [0.15, 0.2) is 0 Å². The molecule has 2 rings (SSSR count). The van der Waals surface area contributed by atoms with Gasteiger partial charge in [0, 0.05) is 12.3 Å². The van der Waals surface area contributed by atoms with Crippen molar-refractivity contribution in [3.8, 4) is 0 Å². The predicted molar refractivity (Wildman–Crippen MR) is 56.1 cm³/mol. The summed E-state index contributed by atoms with van der Waals surface area (Å²) in [5, 5.41) is 10.3. The topological polar surface area (TPSA) is 29.5 Å². The fourth-order valence-corrected chi connectivity index (χ4v) is 3.27. The van der Waals surface area contributed by atoms with E-state index in [-0.39, 0.29) is 6.10 Å². The molecule has 1 aliphatic carbocycles. The Morgan fingerprint density at radius 3 is 2.71 bits per heavy atom. The summed E-state index contributed by atoms with van der Waals surface area (Å²) < 4.78 is 5.94. The molecule has 1 heterocycles. The Morgan fingerprint density at radius 1 is 1.29 bits per heavy atom. The molecule has 1 N–H and O–H groups in total. The Hall–Kier alpha value is -0.0800. The third kappa shape index (κ3) is 1.82. The second kappa shape index (κ2) is 3.49. The molecule has 2 aliphatic rings. The van der Waals surface area contributed by atoms with E-state index < -0.39 is 5.60 Å². The molecule has 4 unspecified atom stereocenters. The number of hydrogen-bond donors (Lipinski definition) is 1. The minimum Gasteiger partial charge on any atom is -0.390 e. The Kier molecular flexibility index (Phi) is 2.61. The Morgan fingerprint density at radius 2 is 2.00 bits per heavy atom. The number of fused-ring (bicyclic) bond motifs is 1. The van der Waals surface area contributed by atoms with Crippen molar-refractivity contribution in [2.24, 2.45) is 11.8 Å². The zero-order valence-electron chi connectivity index (χ0n) is 9.49. The summed E-state index contributed by atoms with van der Waals surface area (Å²) in [4.78, 5) is 0. The molecule has 0 aromatic rings. The minimum atomic E-state index is -0.498. The van der Waals surface area contributed by atoms with Crippen LogP contribution in [0.15, 0.2) is 0 Å². The normalized spacial score (nSPS) is 54.0. The van der Waals surface area contributed by atoms with Crippen molar-refractivity contribution in [3.63, 3.8) is 0 Å². The van der Waals surface area contributed by atoms with Crippen LogP contribution in [0, 0.1) is 11.8 Å². The van der Waals surface area contributed by atoms with Gasteiger partial charge < -0.3 is 9.84 Å². The van der Waals surface area contributed by atoms with Crippen LogP contribution in [0.2, 0.25) is 0 Å². The standard InChI is InChI=1S/C12H22O2/c1-8-4-5-10-11(6-8)14-9(2)7-12(10,3)13/h8-11,13H,4-7H2,1-3H3/t8?,9?,10?,11?,12-/m1/s1. The van der Waals surface area contributed by atoms with Crippen LogP contribution in [0.4, 0.5) is 0 Å². The second-order valence-corrected chi connectivity index (χ2v) is 5.57. The quantitative estimate of drug-likeness (QED) is 0.647. The summed E-state index contributed by atoms with van der Waals surface area (Å²) >= 11 is 0. The van der Waals surface area contributed by atoms with E-state index in [0.717, 1.165) is 25.2 Å². The highest BCUT2D eigenvalue weighted by atomic mass is 16.5. The van der Waals surface area contributed by atoms with Crippen molar-refractivity contribution >= 4 is 0 Å². The van der Waals surface area contributed by atoms with E-state index in [9.17, 15) is 5.11 Å². The van der Waals surface area contributed by atoms with Crippen LogP contribution in [0.1, 0.15) is 46.5 Å². The van der Waals surface area contributed by atoms with Crippen LogP contribution in [-0.2, 0) is 4.74 Å². The molecule has 1 saturated heterocycles. The highest BCUT2D eigenvalue weighted by Crippen LogP contribution is 2.43. The highest BCUT2D eigenvalue weighted by molar-refractivity contribution is 4.96. The molecule has 1 aliphatic heterocycles. The zero-order chi connectivity index (χ0) is 10.3. The predicted octanol–water partition coefficient (Wildman–Crippen LogP) is 2.35. The molecular weight excluding hydrogens is 176 g/mol. The smallest absolute Gasteiger partial charge is 0.0697 e. The maximum absolute atomic E-state index is 10.3. The van der Waals surface area contributed by atoms with Crippen LogP contribution in [0.5, 0.6) is 0 Å². The molecule has 0 aromatic heterocycles. The first-order valence-corrected chi connectivity index (χ1v) is 5.87. The molecule has 0 amide bonds. The van der Waals surface area contributed by atoms with Crippen molar-refractivity contribution in [1.82, 2.24) is 0 Å². The van der Waals surface area contributed by atoms with Crippen molar-refractivity contribution in [3.05, 3.63) is 0 Å². The Balaban J connectivity index is 2.12. The number of aliphatic hydroxyl groups is 1. The molecule has 1 saturated carbocycles. The molecule has 5 atom stereocenters. The Bertz CT molecular complexity index is 210. The lowest BCUT2D eigenvalue weighted by Gasteiger charge is -2.48. The largest absolute Gasteiger partial charge is 0.390 e. The molecular formula is C12H22O2. The molecule has 2 nitrogen and oxygen atoms in total. The van der Waals surface area contributed by atoms with Crippen LogP contribution in [0.25, 0.3) is 0 Å². The third-order valence-electron chi connectivity index (χ3n) is 3.96. The number of hydrogen-bond acceptors (Lipinski definition) is 2. The highest BCUT2D eigenvalue weighted by Gasteiger charge is 2.46. The van der Waals surface area contributed by atoms with Crippen molar-refractivity contribution in [1.29, 1.82) is 0 Å². The Labute approximate surface area is 86.6 Å². The summed E-state index contributed by atoms with van der Waals surface area (Å²) in [6, 6.07) is 0.